The fraction of sp³-hybridized carbons (Fsp3) is 0.529. The minimum atomic E-state index is -0.398. The minimum Gasteiger partial charge on any atom is -0.352 e. The molecule has 2 rings (SSSR count). The van der Waals surface area contributed by atoms with Gasteiger partial charge in [-0.15, -0.1) is 12.4 Å². The first kappa shape index (κ1) is 19.5. The van der Waals surface area contributed by atoms with Crippen molar-refractivity contribution in [1.29, 1.82) is 0 Å². The van der Waals surface area contributed by atoms with Crippen LogP contribution in [0.4, 0.5) is 0 Å². The van der Waals surface area contributed by atoms with E-state index >= 15 is 0 Å². The summed E-state index contributed by atoms with van der Waals surface area (Å²) >= 11 is 0. The first-order chi connectivity index (χ1) is 10.3. The highest BCUT2D eigenvalue weighted by molar-refractivity contribution is 5.94. The molecule has 0 saturated carbocycles. The molecule has 1 aromatic carbocycles. The van der Waals surface area contributed by atoms with Gasteiger partial charge >= 0.3 is 0 Å². The second-order valence-corrected chi connectivity index (χ2v) is 6.93. The number of nitrogens with one attached hydrogen (secondary N) is 1. The second kappa shape index (κ2) is 7.79. The third-order valence-electron chi connectivity index (χ3n) is 3.85. The lowest BCUT2D eigenvalue weighted by Crippen LogP contribution is -2.34. The number of rotatable bonds is 3. The average molecular weight is 340 g/mol. The monoisotopic (exact) mass is 339 g/mol. The molecule has 1 saturated heterocycles. The van der Waals surface area contributed by atoms with E-state index in [1.165, 1.54) is 0 Å². The van der Waals surface area contributed by atoms with Gasteiger partial charge in [0.2, 0.25) is 5.91 Å². The van der Waals surface area contributed by atoms with Gasteiger partial charge in [0.05, 0.1) is 0 Å². The van der Waals surface area contributed by atoms with Crippen LogP contribution in [0.3, 0.4) is 0 Å². The van der Waals surface area contributed by atoms with Crippen LogP contribution in [0, 0.1) is 5.41 Å². The molecule has 0 unspecified atom stereocenters. The van der Waals surface area contributed by atoms with E-state index in [9.17, 15) is 9.59 Å². The first-order valence-electron chi connectivity index (χ1n) is 7.69. The summed E-state index contributed by atoms with van der Waals surface area (Å²) in [5.41, 5.74) is 7.08. The summed E-state index contributed by atoms with van der Waals surface area (Å²) in [5, 5.41) is 2.90. The van der Waals surface area contributed by atoms with Crippen LogP contribution in [0.1, 0.15) is 43.1 Å². The van der Waals surface area contributed by atoms with Gasteiger partial charge in [-0.05, 0) is 24.1 Å². The molecule has 0 spiro atoms. The maximum absolute atomic E-state index is 12.3. The summed E-state index contributed by atoms with van der Waals surface area (Å²) in [6, 6.07) is 7.48. The molecule has 23 heavy (non-hydrogen) atoms. The van der Waals surface area contributed by atoms with Crippen molar-refractivity contribution >= 4 is 24.2 Å². The van der Waals surface area contributed by atoms with Crippen molar-refractivity contribution in [1.82, 2.24) is 10.2 Å². The average Bonchev–Trinajstić information content (AvgIpc) is 2.90. The van der Waals surface area contributed by atoms with Crippen molar-refractivity contribution in [3.63, 3.8) is 0 Å². The van der Waals surface area contributed by atoms with Crippen molar-refractivity contribution in [2.24, 2.45) is 11.1 Å². The summed E-state index contributed by atoms with van der Waals surface area (Å²) in [5.74, 6) is 0.0388. The molecule has 1 aliphatic rings. The van der Waals surface area contributed by atoms with Crippen LogP contribution in [0.25, 0.3) is 0 Å². The Hall–Kier alpha value is -1.59. The van der Waals surface area contributed by atoms with Crippen molar-refractivity contribution in [3.05, 3.63) is 35.4 Å². The van der Waals surface area contributed by atoms with Gasteiger partial charge in [-0.25, -0.2) is 0 Å². The van der Waals surface area contributed by atoms with Crippen LogP contribution >= 0.6 is 12.4 Å². The number of nitrogens with two attached hydrogens (primary N) is 1. The van der Waals surface area contributed by atoms with Crippen molar-refractivity contribution in [3.8, 4) is 0 Å². The van der Waals surface area contributed by atoms with Crippen LogP contribution < -0.4 is 11.1 Å². The number of halogens is 1. The molecule has 1 fully saturated rings. The number of nitrogens with zero attached hydrogens (tertiary/aromatic N) is 1. The standard InChI is InChI=1S/C17H25N3O2.ClH/c1-17(2,3)16(22)19-10-12-4-6-13(7-5-12)15(21)20-9-8-14(18)11-20;/h4-7,14H,8-11,18H2,1-3H3,(H,19,22);1H/t14-;/m1./s1. The van der Waals surface area contributed by atoms with Crippen molar-refractivity contribution in [2.45, 2.75) is 39.8 Å². The van der Waals surface area contributed by atoms with Crippen molar-refractivity contribution < 1.29 is 9.59 Å². The lowest BCUT2D eigenvalue weighted by Gasteiger charge is -2.18. The molecule has 1 aliphatic heterocycles. The zero-order valence-corrected chi connectivity index (χ0v) is 14.8. The lowest BCUT2D eigenvalue weighted by molar-refractivity contribution is -0.128. The Labute approximate surface area is 144 Å². The number of hydrogen-bond donors (Lipinski definition) is 2. The molecule has 2 amide bonds. The first-order valence-corrected chi connectivity index (χ1v) is 7.69. The number of carbonyl (C=O) groups excluding carboxylic acids is 2. The summed E-state index contributed by atoms with van der Waals surface area (Å²) in [7, 11) is 0. The smallest absolute Gasteiger partial charge is 0.253 e. The maximum Gasteiger partial charge on any atom is 0.253 e. The summed E-state index contributed by atoms with van der Waals surface area (Å²) in [6.45, 7) is 7.46. The van der Waals surface area contributed by atoms with E-state index in [0.717, 1.165) is 18.5 Å². The van der Waals surface area contributed by atoms with Gasteiger partial charge in [0.15, 0.2) is 0 Å². The molecule has 1 atom stereocenters. The molecule has 0 bridgehead atoms. The van der Waals surface area contributed by atoms with Gasteiger partial charge in [-0.2, -0.15) is 0 Å². The van der Waals surface area contributed by atoms with E-state index in [0.29, 0.717) is 18.7 Å². The summed E-state index contributed by atoms with van der Waals surface area (Å²) < 4.78 is 0. The molecule has 1 aromatic rings. The van der Waals surface area contributed by atoms with Gasteiger partial charge < -0.3 is 16.0 Å². The Bertz CT molecular complexity index is 552. The van der Waals surface area contributed by atoms with E-state index < -0.39 is 5.41 Å². The highest BCUT2D eigenvalue weighted by Gasteiger charge is 2.24. The summed E-state index contributed by atoms with van der Waals surface area (Å²) in [4.78, 5) is 25.9. The third-order valence-corrected chi connectivity index (χ3v) is 3.85. The molecular weight excluding hydrogens is 314 g/mol. The van der Waals surface area contributed by atoms with Gasteiger partial charge in [-0.3, -0.25) is 9.59 Å². The molecule has 1 heterocycles. The van der Waals surface area contributed by atoms with Crippen LogP contribution in [0.2, 0.25) is 0 Å². The molecule has 128 valence electrons. The van der Waals surface area contributed by atoms with Crippen molar-refractivity contribution in [2.75, 3.05) is 13.1 Å². The molecule has 0 radical (unpaired) electrons. The Morgan fingerprint density at radius 3 is 2.35 bits per heavy atom. The zero-order valence-electron chi connectivity index (χ0n) is 14.0. The van der Waals surface area contributed by atoms with E-state index in [1.807, 2.05) is 45.0 Å². The van der Waals surface area contributed by atoms with E-state index in [2.05, 4.69) is 5.32 Å². The molecule has 0 aromatic heterocycles. The molecule has 0 aliphatic carbocycles. The van der Waals surface area contributed by atoms with Gasteiger partial charge in [0, 0.05) is 36.7 Å². The maximum atomic E-state index is 12.3. The van der Waals surface area contributed by atoms with Crippen LogP contribution in [0.15, 0.2) is 24.3 Å². The Kier molecular flexibility index (Phi) is 6.59. The SMILES string of the molecule is CC(C)(C)C(=O)NCc1ccc(C(=O)N2CC[C@@H](N)C2)cc1.Cl. The largest absolute Gasteiger partial charge is 0.352 e. The van der Waals surface area contributed by atoms with Gasteiger partial charge in [0.1, 0.15) is 0 Å². The predicted octanol–water partition coefficient (Wildman–Crippen LogP) is 1.94. The van der Waals surface area contributed by atoms with Crippen LogP contribution in [0.5, 0.6) is 0 Å². The second-order valence-electron chi connectivity index (χ2n) is 6.93. The summed E-state index contributed by atoms with van der Waals surface area (Å²) in [6.07, 6.45) is 0.864. The molecular formula is C17H26ClN3O2. The quantitative estimate of drug-likeness (QED) is 0.883. The fourth-order valence-corrected chi connectivity index (χ4v) is 2.37. The van der Waals surface area contributed by atoms with Crippen LogP contribution in [-0.4, -0.2) is 35.8 Å². The number of hydrogen-bond acceptors (Lipinski definition) is 3. The minimum absolute atomic E-state index is 0. The topological polar surface area (TPSA) is 75.4 Å². The molecule has 5 nitrogen and oxygen atoms in total. The Morgan fingerprint density at radius 1 is 1.26 bits per heavy atom. The Morgan fingerprint density at radius 2 is 1.87 bits per heavy atom. The number of amides is 2. The normalized spacial score (nSPS) is 17.6. The number of carbonyl (C=O) groups is 2. The van der Waals surface area contributed by atoms with E-state index in [-0.39, 0.29) is 30.3 Å². The van der Waals surface area contributed by atoms with E-state index in [4.69, 9.17) is 5.73 Å². The number of likely N-dealkylation sites (tertiary alicyclic amines) is 1. The zero-order chi connectivity index (χ0) is 16.3. The fourth-order valence-electron chi connectivity index (χ4n) is 2.37. The van der Waals surface area contributed by atoms with Gasteiger partial charge in [0.25, 0.3) is 5.91 Å². The Balaban J connectivity index is 0.00000264. The lowest BCUT2D eigenvalue weighted by atomic mass is 9.95. The molecule has 3 N–H and O–H groups in total. The van der Waals surface area contributed by atoms with Gasteiger partial charge in [-0.1, -0.05) is 32.9 Å². The van der Waals surface area contributed by atoms with E-state index in [1.54, 1.807) is 4.90 Å². The highest BCUT2D eigenvalue weighted by atomic mass is 35.5. The molecule has 6 heteroatoms. The number of benzene rings is 1. The third kappa shape index (κ3) is 5.22. The van der Waals surface area contributed by atoms with Crippen LogP contribution in [-0.2, 0) is 11.3 Å². The highest BCUT2D eigenvalue weighted by Crippen LogP contribution is 2.15. The predicted molar refractivity (Wildman–Crippen MR) is 93.5 cm³/mol.